The Labute approximate surface area is 194 Å². The van der Waals surface area contributed by atoms with Crippen molar-refractivity contribution in [2.24, 2.45) is 4.99 Å². The molecule has 0 aromatic carbocycles. The lowest BCUT2D eigenvalue weighted by Gasteiger charge is -2.49. The number of amides is 2. The molecule has 2 aliphatic heterocycles. The molecule has 6 nitrogen and oxygen atoms in total. The number of hydrogen-bond acceptors (Lipinski definition) is 4. The predicted octanol–water partition coefficient (Wildman–Crippen LogP) is 4.43. The van der Waals surface area contributed by atoms with Crippen molar-refractivity contribution in [1.82, 2.24) is 10.2 Å². The Morgan fingerprint density at radius 1 is 1.12 bits per heavy atom. The number of rotatable bonds is 5. The van der Waals surface area contributed by atoms with Gasteiger partial charge in [0.2, 0.25) is 5.91 Å². The minimum atomic E-state index is -1.65. The largest absolute Gasteiger partial charge is 0.365 e. The number of nitrogens with one attached hydrogen (secondary N) is 1. The number of nitrogens with zero attached hydrogens (tertiary/aromatic N) is 2. The first-order chi connectivity index (χ1) is 15.0. The normalized spacial score (nSPS) is 25.8. The van der Waals surface area contributed by atoms with E-state index in [9.17, 15) is 9.59 Å². The number of aliphatic imine (C=N–C) groups is 1. The van der Waals surface area contributed by atoms with Crippen LogP contribution in [-0.4, -0.2) is 61.5 Å². The molecule has 1 N–H and O–H groups in total. The molecule has 2 amide bonds. The summed E-state index contributed by atoms with van der Waals surface area (Å²) in [5.41, 5.74) is 1.77. The summed E-state index contributed by atoms with van der Waals surface area (Å²) in [5, 5.41) is 3.02. The van der Waals surface area contributed by atoms with E-state index in [1.165, 1.54) is 19.3 Å². The van der Waals surface area contributed by atoms with Crippen molar-refractivity contribution in [3.8, 4) is 0 Å². The first-order valence-corrected chi connectivity index (χ1v) is 16.0. The van der Waals surface area contributed by atoms with E-state index >= 15 is 0 Å². The van der Waals surface area contributed by atoms with E-state index in [2.05, 4.69) is 38.8 Å². The summed E-state index contributed by atoms with van der Waals surface area (Å²) in [6, 6.07) is 0. The second-order valence-corrected chi connectivity index (χ2v) is 17.2. The fourth-order valence-electron chi connectivity index (χ4n) is 6.05. The highest BCUT2D eigenvalue weighted by molar-refractivity contribution is 6.82. The smallest absolute Gasteiger partial charge is 0.252 e. The number of carbonyl (C=O) groups excluding carboxylic acids is 2. The van der Waals surface area contributed by atoms with Crippen molar-refractivity contribution in [1.29, 1.82) is 0 Å². The number of amidine groups is 1. The van der Waals surface area contributed by atoms with Crippen LogP contribution in [0.15, 0.2) is 16.1 Å². The average molecular weight is 460 g/mol. The van der Waals surface area contributed by atoms with Gasteiger partial charge in [-0.1, -0.05) is 45.3 Å². The standard InChI is InChI=1S/C25H41N3O3Si/c1-17(31-18-11-8-7-9-12-18)22(29)28-16-19-20(24(28,2)3)15-26-21(19)27-23(30)25(13-10-14-25)32(4,5)6/h17-18H,7-16H2,1-6H3,(H,26,27,30). The van der Waals surface area contributed by atoms with Crippen molar-refractivity contribution in [2.45, 2.75) is 115 Å². The van der Waals surface area contributed by atoms with Gasteiger partial charge in [-0.15, -0.1) is 0 Å². The highest BCUT2D eigenvalue weighted by atomic mass is 28.3. The molecule has 1 atom stereocenters. The molecule has 0 saturated heterocycles. The van der Waals surface area contributed by atoms with E-state index < -0.39 is 19.7 Å². The van der Waals surface area contributed by atoms with Gasteiger partial charge in [-0.05, 0) is 52.0 Å². The summed E-state index contributed by atoms with van der Waals surface area (Å²) in [5.74, 6) is 0.879. The molecule has 1 unspecified atom stereocenters. The highest BCUT2D eigenvalue weighted by Crippen LogP contribution is 2.55. The van der Waals surface area contributed by atoms with Gasteiger partial charge in [0.05, 0.1) is 32.8 Å². The van der Waals surface area contributed by atoms with Gasteiger partial charge in [-0.2, -0.15) is 0 Å². The molecule has 7 heteroatoms. The molecule has 0 spiro atoms. The van der Waals surface area contributed by atoms with Crippen LogP contribution in [0, 0.1) is 0 Å². The molecular formula is C25H41N3O3Si. The van der Waals surface area contributed by atoms with E-state index in [1.807, 2.05) is 11.8 Å². The third kappa shape index (κ3) is 3.89. The second-order valence-electron chi connectivity index (χ2n) is 11.8. The van der Waals surface area contributed by atoms with Crippen molar-refractivity contribution >= 4 is 25.7 Å². The SMILES string of the molecule is CC(OC1CCCCC1)C(=O)N1CC2=C(CN=C2NC(=O)C2([Si](C)(C)C)CCC2)C1(C)C. The molecule has 2 saturated carbocycles. The van der Waals surface area contributed by atoms with Crippen LogP contribution < -0.4 is 5.32 Å². The zero-order valence-corrected chi connectivity index (χ0v) is 21.8. The van der Waals surface area contributed by atoms with E-state index in [-0.39, 0.29) is 23.0 Å². The summed E-state index contributed by atoms with van der Waals surface area (Å²) in [7, 11) is -1.65. The monoisotopic (exact) mass is 459 g/mol. The van der Waals surface area contributed by atoms with E-state index in [0.29, 0.717) is 18.9 Å². The van der Waals surface area contributed by atoms with Gasteiger partial charge in [0.15, 0.2) is 0 Å². The van der Waals surface area contributed by atoms with Crippen LogP contribution in [-0.2, 0) is 14.3 Å². The van der Waals surface area contributed by atoms with Gasteiger partial charge in [-0.3, -0.25) is 14.6 Å². The van der Waals surface area contributed by atoms with Gasteiger partial charge in [-0.25, -0.2) is 0 Å². The maximum atomic E-state index is 13.4. The Hall–Kier alpha value is -1.47. The summed E-state index contributed by atoms with van der Waals surface area (Å²) in [6.07, 6.45) is 8.61. The first-order valence-electron chi connectivity index (χ1n) is 12.5. The zero-order chi connectivity index (χ0) is 23.3. The van der Waals surface area contributed by atoms with Crippen molar-refractivity contribution in [3.05, 3.63) is 11.1 Å². The molecule has 2 fully saturated rings. The first kappa shape index (κ1) is 23.7. The van der Waals surface area contributed by atoms with Crippen LogP contribution in [0.1, 0.15) is 72.1 Å². The summed E-state index contributed by atoms with van der Waals surface area (Å²) >= 11 is 0. The summed E-state index contributed by atoms with van der Waals surface area (Å²) < 4.78 is 6.17. The lowest BCUT2D eigenvalue weighted by molar-refractivity contribution is -0.150. The number of hydrogen-bond donors (Lipinski definition) is 1. The minimum Gasteiger partial charge on any atom is -0.365 e. The Morgan fingerprint density at radius 3 is 2.34 bits per heavy atom. The number of carbonyl (C=O) groups is 2. The van der Waals surface area contributed by atoms with Crippen molar-refractivity contribution in [3.63, 3.8) is 0 Å². The van der Waals surface area contributed by atoms with Gasteiger partial charge >= 0.3 is 0 Å². The lowest BCUT2D eigenvalue weighted by Crippen LogP contribution is -2.55. The molecule has 0 bridgehead atoms. The Balaban J connectivity index is 1.44. The van der Waals surface area contributed by atoms with Crippen LogP contribution in [0.3, 0.4) is 0 Å². The maximum absolute atomic E-state index is 13.4. The number of ether oxygens (including phenoxy) is 1. The topological polar surface area (TPSA) is 71.0 Å². The molecule has 0 radical (unpaired) electrons. The lowest BCUT2D eigenvalue weighted by atomic mass is 9.83. The Morgan fingerprint density at radius 2 is 1.78 bits per heavy atom. The van der Waals surface area contributed by atoms with Crippen molar-refractivity contribution < 1.29 is 14.3 Å². The maximum Gasteiger partial charge on any atom is 0.252 e. The molecule has 0 aromatic rings. The quantitative estimate of drug-likeness (QED) is 0.618. The summed E-state index contributed by atoms with van der Waals surface area (Å²) in [6.45, 7) is 14.0. The van der Waals surface area contributed by atoms with E-state index in [4.69, 9.17) is 9.73 Å². The molecule has 2 aliphatic carbocycles. The third-order valence-electron chi connectivity index (χ3n) is 8.65. The average Bonchev–Trinajstić information content (AvgIpc) is 3.18. The molecule has 2 heterocycles. The highest BCUT2D eigenvalue weighted by Gasteiger charge is 2.54. The molecular weight excluding hydrogens is 418 g/mol. The summed E-state index contributed by atoms with van der Waals surface area (Å²) in [4.78, 5) is 33.4. The Bertz CT molecular complexity index is 845. The van der Waals surface area contributed by atoms with E-state index in [0.717, 1.165) is 43.3 Å². The molecule has 4 rings (SSSR count). The van der Waals surface area contributed by atoms with E-state index in [1.54, 1.807) is 0 Å². The van der Waals surface area contributed by atoms with Crippen LogP contribution in [0.25, 0.3) is 0 Å². The second kappa shape index (κ2) is 8.39. The molecule has 32 heavy (non-hydrogen) atoms. The minimum absolute atomic E-state index is 0.0400. The van der Waals surface area contributed by atoms with Gasteiger partial charge in [0, 0.05) is 10.6 Å². The van der Waals surface area contributed by atoms with Gasteiger partial charge < -0.3 is 15.0 Å². The predicted molar refractivity (Wildman–Crippen MR) is 131 cm³/mol. The molecule has 178 valence electrons. The molecule has 4 aliphatic rings. The van der Waals surface area contributed by atoms with Crippen LogP contribution in [0.4, 0.5) is 0 Å². The zero-order valence-electron chi connectivity index (χ0n) is 20.8. The van der Waals surface area contributed by atoms with Crippen LogP contribution >= 0.6 is 0 Å². The molecule has 0 aromatic heterocycles. The fraction of sp³-hybridized carbons (Fsp3) is 0.800. The van der Waals surface area contributed by atoms with Crippen LogP contribution in [0.2, 0.25) is 24.7 Å². The van der Waals surface area contributed by atoms with Gasteiger partial charge in [0.25, 0.3) is 5.91 Å². The van der Waals surface area contributed by atoms with Crippen LogP contribution in [0.5, 0.6) is 0 Å². The fourth-order valence-corrected chi connectivity index (χ4v) is 8.65. The van der Waals surface area contributed by atoms with Gasteiger partial charge in [0.1, 0.15) is 11.9 Å². The third-order valence-corrected chi connectivity index (χ3v) is 12.2. The Kier molecular flexibility index (Phi) is 6.21. The van der Waals surface area contributed by atoms with Crippen molar-refractivity contribution in [2.75, 3.05) is 13.1 Å².